The molecule has 2 aliphatic rings. The van der Waals surface area contributed by atoms with Crippen molar-refractivity contribution in [1.29, 1.82) is 0 Å². The van der Waals surface area contributed by atoms with Gasteiger partial charge in [-0.05, 0) is 49.0 Å². The molecular formula is C26H26N4OS. The average Bonchev–Trinajstić information content (AvgIpc) is 3.41. The largest absolute Gasteiger partial charge is 0.354 e. The topological polar surface area (TPSA) is 57.6 Å². The van der Waals surface area contributed by atoms with Gasteiger partial charge in [0.15, 0.2) is 0 Å². The zero-order valence-electron chi connectivity index (χ0n) is 18.3. The first-order valence-corrected chi connectivity index (χ1v) is 11.9. The van der Waals surface area contributed by atoms with Gasteiger partial charge in [-0.3, -0.25) is 4.79 Å². The molecule has 1 amide bonds. The lowest BCUT2D eigenvalue weighted by molar-refractivity contribution is 0.0966. The molecule has 0 unspecified atom stereocenters. The molecule has 1 aliphatic carbocycles. The number of thiazole rings is 1. The number of rotatable bonds is 4. The Balaban J connectivity index is 1.60. The third-order valence-corrected chi connectivity index (χ3v) is 7.34. The van der Waals surface area contributed by atoms with Gasteiger partial charge in [-0.15, -0.1) is 0 Å². The summed E-state index contributed by atoms with van der Waals surface area (Å²) in [5.41, 5.74) is 5.63. The zero-order chi connectivity index (χ0) is 22.1. The Labute approximate surface area is 192 Å². The third-order valence-electron chi connectivity index (χ3n) is 6.20. The maximum atomic E-state index is 12.3. The number of hydrogen-bond acceptors (Lipinski definition) is 5. The highest BCUT2D eigenvalue weighted by Crippen LogP contribution is 2.47. The van der Waals surface area contributed by atoms with Crippen LogP contribution in [0.25, 0.3) is 6.08 Å². The molecule has 1 aliphatic heterocycles. The number of hydrogen-bond donors (Lipinski definition) is 1. The van der Waals surface area contributed by atoms with Crippen LogP contribution in [0.2, 0.25) is 0 Å². The molecule has 0 radical (unpaired) electrons. The molecule has 0 spiro atoms. The van der Waals surface area contributed by atoms with Crippen LogP contribution in [0.4, 0.5) is 5.13 Å². The molecule has 5 rings (SSSR count). The number of carbonyl (C=O) groups excluding carboxylic acids is 1. The number of nitrogens with zero attached hydrogens (tertiary/aromatic N) is 3. The second-order valence-electron chi connectivity index (χ2n) is 8.25. The van der Waals surface area contributed by atoms with Crippen LogP contribution >= 0.6 is 11.3 Å². The summed E-state index contributed by atoms with van der Waals surface area (Å²) in [7, 11) is 1.65. The van der Waals surface area contributed by atoms with Crippen molar-refractivity contribution < 1.29 is 4.79 Å². The molecule has 162 valence electrons. The summed E-state index contributed by atoms with van der Waals surface area (Å²) < 4.78 is 0. The SMILES string of the molecule is CNC(=O)c1sc(N2N=C3/C(=C/c4ccccc4)CCC[C@H]3[C@H]2c2ccccc2)nc1C. The monoisotopic (exact) mass is 442 g/mol. The van der Waals surface area contributed by atoms with Crippen molar-refractivity contribution in [3.63, 3.8) is 0 Å². The van der Waals surface area contributed by atoms with Gasteiger partial charge in [0.05, 0.1) is 17.4 Å². The molecule has 1 aromatic heterocycles. The summed E-state index contributed by atoms with van der Waals surface area (Å²) >= 11 is 1.41. The number of hydrazone groups is 1. The molecule has 0 bridgehead atoms. The molecule has 1 fully saturated rings. The van der Waals surface area contributed by atoms with E-state index in [1.807, 2.05) is 19.1 Å². The molecule has 2 atom stereocenters. The quantitative estimate of drug-likeness (QED) is 0.571. The number of nitrogens with one attached hydrogen (secondary N) is 1. The molecule has 2 aromatic carbocycles. The number of aromatic nitrogens is 1. The number of amides is 1. The second-order valence-corrected chi connectivity index (χ2v) is 9.23. The van der Waals surface area contributed by atoms with E-state index in [0.717, 1.165) is 35.8 Å². The molecular weight excluding hydrogens is 416 g/mol. The number of fused-ring (bicyclic) bond motifs is 1. The van der Waals surface area contributed by atoms with Gasteiger partial charge in [0.2, 0.25) is 5.13 Å². The fraction of sp³-hybridized carbons (Fsp3) is 0.269. The van der Waals surface area contributed by atoms with Crippen LogP contribution in [0.5, 0.6) is 0 Å². The normalized spacial score (nSPS) is 21.4. The minimum absolute atomic E-state index is 0.0776. The molecule has 5 nitrogen and oxygen atoms in total. The number of allylic oxidation sites excluding steroid dienone is 1. The Bertz CT molecular complexity index is 1180. The Hall–Kier alpha value is -3.25. The van der Waals surface area contributed by atoms with Crippen molar-refractivity contribution >= 4 is 34.2 Å². The molecule has 3 aromatic rings. The number of anilines is 1. The van der Waals surface area contributed by atoms with E-state index in [1.165, 1.54) is 28.0 Å². The van der Waals surface area contributed by atoms with Crippen LogP contribution in [0.3, 0.4) is 0 Å². The number of carbonyl (C=O) groups is 1. The first kappa shape index (κ1) is 20.6. The summed E-state index contributed by atoms with van der Waals surface area (Å²) in [5, 5.41) is 10.7. The molecule has 6 heteroatoms. The predicted molar refractivity (Wildman–Crippen MR) is 131 cm³/mol. The van der Waals surface area contributed by atoms with Crippen molar-refractivity contribution in [3.8, 4) is 0 Å². The second kappa shape index (κ2) is 8.71. The van der Waals surface area contributed by atoms with Gasteiger partial charge in [0.1, 0.15) is 4.88 Å². The van der Waals surface area contributed by atoms with Gasteiger partial charge in [-0.1, -0.05) is 72.0 Å². The highest BCUT2D eigenvalue weighted by atomic mass is 32.1. The fourth-order valence-corrected chi connectivity index (χ4v) is 5.70. The van der Waals surface area contributed by atoms with Crippen molar-refractivity contribution in [2.75, 3.05) is 12.1 Å². The zero-order valence-corrected chi connectivity index (χ0v) is 19.1. The summed E-state index contributed by atoms with van der Waals surface area (Å²) in [5.74, 6) is 0.199. The van der Waals surface area contributed by atoms with Gasteiger partial charge in [-0.2, -0.15) is 5.10 Å². The standard InChI is InChI=1S/C26H26N4OS/c1-17-24(25(31)27-2)32-26(28-17)30-23(19-12-7-4-8-13-19)21-15-9-14-20(22(21)29-30)16-18-10-5-3-6-11-18/h3-8,10-13,16,21,23H,9,14-15H2,1-2H3,(H,27,31)/b20-16+/t21-,23-/m1/s1. The van der Waals surface area contributed by atoms with E-state index in [0.29, 0.717) is 10.8 Å². The van der Waals surface area contributed by atoms with E-state index in [-0.39, 0.29) is 11.9 Å². The van der Waals surface area contributed by atoms with E-state index >= 15 is 0 Å². The van der Waals surface area contributed by atoms with E-state index in [2.05, 4.69) is 64.9 Å². The lowest BCUT2D eigenvalue weighted by Gasteiger charge is -2.29. The van der Waals surface area contributed by atoms with Gasteiger partial charge in [0, 0.05) is 13.0 Å². The van der Waals surface area contributed by atoms with Crippen LogP contribution in [0.15, 0.2) is 71.3 Å². The van der Waals surface area contributed by atoms with Crippen molar-refractivity contribution in [2.24, 2.45) is 11.0 Å². The summed E-state index contributed by atoms with van der Waals surface area (Å²) in [6.07, 6.45) is 5.53. The van der Waals surface area contributed by atoms with Crippen molar-refractivity contribution in [1.82, 2.24) is 10.3 Å². The van der Waals surface area contributed by atoms with Gasteiger partial charge in [-0.25, -0.2) is 9.99 Å². The van der Waals surface area contributed by atoms with Crippen LogP contribution in [-0.2, 0) is 0 Å². The maximum absolute atomic E-state index is 12.3. The van der Waals surface area contributed by atoms with Gasteiger partial charge in [0.25, 0.3) is 5.91 Å². The Morgan fingerprint density at radius 2 is 1.84 bits per heavy atom. The van der Waals surface area contributed by atoms with Gasteiger partial charge < -0.3 is 5.32 Å². The lowest BCUT2D eigenvalue weighted by Crippen LogP contribution is -2.28. The highest BCUT2D eigenvalue weighted by Gasteiger charge is 2.43. The van der Waals surface area contributed by atoms with Crippen LogP contribution < -0.4 is 10.3 Å². The van der Waals surface area contributed by atoms with Crippen LogP contribution in [0.1, 0.15) is 51.8 Å². The maximum Gasteiger partial charge on any atom is 0.263 e. The molecule has 1 saturated carbocycles. The Morgan fingerprint density at radius 3 is 2.56 bits per heavy atom. The van der Waals surface area contributed by atoms with Crippen LogP contribution in [-0.4, -0.2) is 23.7 Å². The van der Waals surface area contributed by atoms with Gasteiger partial charge >= 0.3 is 0 Å². The Kier molecular flexibility index (Phi) is 5.62. The predicted octanol–water partition coefficient (Wildman–Crippen LogP) is 5.61. The minimum atomic E-state index is -0.101. The fourth-order valence-electron chi connectivity index (χ4n) is 4.70. The molecule has 2 heterocycles. The Morgan fingerprint density at radius 1 is 1.12 bits per heavy atom. The minimum Gasteiger partial charge on any atom is -0.354 e. The first-order chi connectivity index (χ1) is 15.7. The smallest absolute Gasteiger partial charge is 0.263 e. The molecule has 32 heavy (non-hydrogen) atoms. The highest BCUT2D eigenvalue weighted by molar-refractivity contribution is 7.17. The average molecular weight is 443 g/mol. The van der Waals surface area contributed by atoms with E-state index < -0.39 is 0 Å². The number of aryl methyl sites for hydroxylation is 1. The van der Waals surface area contributed by atoms with E-state index in [9.17, 15) is 4.79 Å². The summed E-state index contributed by atoms with van der Waals surface area (Å²) in [6.45, 7) is 1.89. The van der Waals surface area contributed by atoms with Crippen molar-refractivity contribution in [3.05, 3.63) is 87.9 Å². The lowest BCUT2D eigenvalue weighted by atomic mass is 9.77. The van der Waals surface area contributed by atoms with E-state index in [4.69, 9.17) is 10.1 Å². The summed E-state index contributed by atoms with van der Waals surface area (Å²) in [4.78, 5) is 17.7. The first-order valence-electron chi connectivity index (χ1n) is 11.0. The number of benzene rings is 2. The van der Waals surface area contributed by atoms with Crippen LogP contribution in [0, 0.1) is 12.8 Å². The third kappa shape index (κ3) is 3.75. The van der Waals surface area contributed by atoms with Crippen molar-refractivity contribution in [2.45, 2.75) is 32.2 Å². The molecule has 1 N–H and O–H groups in total. The molecule has 0 saturated heterocycles. The van der Waals surface area contributed by atoms with E-state index in [1.54, 1.807) is 7.05 Å². The summed E-state index contributed by atoms with van der Waals surface area (Å²) in [6, 6.07) is 21.1.